The fourth-order valence-electron chi connectivity index (χ4n) is 3.52. The molecule has 0 saturated heterocycles. The molecule has 4 rings (SSSR count). The van der Waals surface area contributed by atoms with E-state index in [4.69, 9.17) is 0 Å². The minimum absolute atomic E-state index is 0.0198. The normalized spacial score (nSPS) is 11.0. The Labute approximate surface area is 168 Å². The first kappa shape index (κ1) is 18.6. The summed E-state index contributed by atoms with van der Waals surface area (Å²) in [5, 5.41) is 12.2. The zero-order valence-corrected chi connectivity index (χ0v) is 16.3. The Morgan fingerprint density at radius 3 is 2.69 bits per heavy atom. The van der Waals surface area contributed by atoms with Crippen LogP contribution >= 0.6 is 0 Å². The smallest absolute Gasteiger partial charge is 0.295 e. The molecule has 2 heterocycles. The number of aryl methyl sites for hydroxylation is 1. The lowest BCUT2D eigenvalue weighted by molar-refractivity contribution is -0.383. The fourth-order valence-corrected chi connectivity index (χ4v) is 3.52. The molecule has 0 unspecified atom stereocenters. The van der Waals surface area contributed by atoms with E-state index in [1.165, 1.54) is 11.6 Å². The van der Waals surface area contributed by atoms with Crippen molar-refractivity contribution in [2.24, 2.45) is 0 Å². The van der Waals surface area contributed by atoms with Gasteiger partial charge in [0.2, 0.25) is 0 Å². The van der Waals surface area contributed by atoms with Gasteiger partial charge in [-0.2, -0.15) is 0 Å². The highest BCUT2D eigenvalue weighted by Crippen LogP contribution is 2.32. The Balaban J connectivity index is 1.67. The van der Waals surface area contributed by atoms with Crippen molar-refractivity contribution in [1.82, 2.24) is 14.5 Å². The summed E-state index contributed by atoms with van der Waals surface area (Å²) in [4.78, 5) is 22.0. The maximum Gasteiger partial charge on any atom is 0.295 e. The number of para-hydroxylation sites is 1. The molecule has 2 aromatic carbocycles. The van der Waals surface area contributed by atoms with Crippen molar-refractivity contribution >= 4 is 22.3 Å². The third-order valence-electron chi connectivity index (χ3n) is 4.91. The van der Waals surface area contributed by atoms with Crippen LogP contribution in [-0.4, -0.2) is 26.5 Å². The van der Waals surface area contributed by atoms with Gasteiger partial charge in [-0.05, 0) is 18.6 Å². The Morgan fingerprint density at radius 2 is 1.93 bits per heavy atom. The van der Waals surface area contributed by atoms with Gasteiger partial charge in [0.05, 0.1) is 11.5 Å². The van der Waals surface area contributed by atoms with Crippen LogP contribution in [0.15, 0.2) is 67.0 Å². The lowest BCUT2D eigenvalue weighted by atomic mass is 10.1. The summed E-state index contributed by atoms with van der Waals surface area (Å²) in [6.45, 7) is 3.16. The predicted octanol–water partition coefficient (Wildman–Crippen LogP) is 4.33. The number of anilines is 1. The molecule has 4 aromatic rings. The van der Waals surface area contributed by atoms with Crippen molar-refractivity contribution in [2.75, 3.05) is 11.9 Å². The van der Waals surface area contributed by atoms with E-state index >= 15 is 0 Å². The highest BCUT2D eigenvalue weighted by Gasteiger charge is 2.18. The van der Waals surface area contributed by atoms with E-state index in [-0.39, 0.29) is 10.6 Å². The van der Waals surface area contributed by atoms with Crippen molar-refractivity contribution in [1.29, 1.82) is 0 Å². The molecule has 7 heteroatoms. The van der Waals surface area contributed by atoms with E-state index in [2.05, 4.69) is 31.6 Å². The minimum Gasteiger partial charge on any atom is -0.367 e. The lowest BCUT2D eigenvalue weighted by Gasteiger charge is -2.22. The molecule has 0 fully saturated rings. The molecule has 0 N–H and O–H groups in total. The van der Waals surface area contributed by atoms with Crippen LogP contribution < -0.4 is 4.90 Å². The van der Waals surface area contributed by atoms with Crippen LogP contribution in [-0.2, 0) is 13.1 Å². The van der Waals surface area contributed by atoms with Crippen molar-refractivity contribution in [3.63, 3.8) is 0 Å². The zero-order valence-electron chi connectivity index (χ0n) is 16.3. The number of nitrogens with zero attached hydrogens (tertiary/aromatic N) is 5. The number of hydrogen-bond donors (Lipinski definition) is 0. The van der Waals surface area contributed by atoms with Crippen LogP contribution in [0.3, 0.4) is 0 Å². The van der Waals surface area contributed by atoms with Crippen LogP contribution in [0, 0.1) is 17.0 Å². The molecular formula is C22H21N5O2. The van der Waals surface area contributed by atoms with Gasteiger partial charge in [-0.3, -0.25) is 10.1 Å². The lowest BCUT2D eigenvalue weighted by Crippen LogP contribution is -2.20. The van der Waals surface area contributed by atoms with Gasteiger partial charge < -0.3 is 9.47 Å². The third-order valence-corrected chi connectivity index (χ3v) is 4.91. The Bertz CT molecular complexity index is 1170. The summed E-state index contributed by atoms with van der Waals surface area (Å²) in [7, 11) is 1.97. The number of hydrogen-bond acceptors (Lipinski definition) is 5. The van der Waals surface area contributed by atoms with E-state index < -0.39 is 0 Å². The Hall–Kier alpha value is -3.74. The van der Waals surface area contributed by atoms with Crippen LogP contribution in [0.5, 0.6) is 0 Å². The summed E-state index contributed by atoms with van der Waals surface area (Å²) < 4.78 is 2.12. The van der Waals surface area contributed by atoms with E-state index in [0.717, 1.165) is 29.1 Å². The molecule has 0 atom stereocenters. The second-order valence-electron chi connectivity index (χ2n) is 7.03. The maximum absolute atomic E-state index is 11.4. The average molecular weight is 387 g/mol. The van der Waals surface area contributed by atoms with Gasteiger partial charge in [0.15, 0.2) is 5.52 Å². The van der Waals surface area contributed by atoms with Crippen LogP contribution in [0.4, 0.5) is 11.4 Å². The first-order chi connectivity index (χ1) is 14.0. The SMILES string of the molecule is Cc1cc(N(C)Cc2nccn2Cc2ccccc2)c2cccc([N+](=O)[O-])c2n1. The molecule has 7 nitrogen and oxygen atoms in total. The van der Waals surface area contributed by atoms with E-state index in [1.54, 1.807) is 12.3 Å². The molecular weight excluding hydrogens is 366 g/mol. The van der Waals surface area contributed by atoms with Gasteiger partial charge in [0.25, 0.3) is 5.69 Å². The minimum atomic E-state index is -0.384. The van der Waals surface area contributed by atoms with Crippen molar-refractivity contribution in [2.45, 2.75) is 20.0 Å². The van der Waals surface area contributed by atoms with Crippen molar-refractivity contribution in [3.05, 3.63) is 94.2 Å². The zero-order chi connectivity index (χ0) is 20.4. The van der Waals surface area contributed by atoms with Gasteiger partial charge in [0, 0.05) is 48.8 Å². The summed E-state index contributed by atoms with van der Waals surface area (Å²) in [6.07, 6.45) is 3.77. The van der Waals surface area contributed by atoms with E-state index in [9.17, 15) is 10.1 Å². The van der Waals surface area contributed by atoms with Crippen LogP contribution in [0.2, 0.25) is 0 Å². The van der Waals surface area contributed by atoms with Gasteiger partial charge in [-0.15, -0.1) is 0 Å². The molecule has 0 saturated carbocycles. The number of non-ortho nitro benzene ring substituents is 1. The standard InChI is InChI=1S/C22H21N5O2/c1-16-13-20(18-9-6-10-19(27(28)29)22(18)24-16)25(2)15-21-23-11-12-26(21)14-17-7-4-3-5-8-17/h3-13H,14-15H2,1-2H3. The molecule has 2 aromatic heterocycles. The van der Waals surface area contributed by atoms with Gasteiger partial charge in [-0.25, -0.2) is 9.97 Å². The first-order valence-corrected chi connectivity index (χ1v) is 9.33. The monoisotopic (exact) mass is 387 g/mol. The predicted molar refractivity (Wildman–Crippen MR) is 113 cm³/mol. The molecule has 0 radical (unpaired) electrons. The van der Waals surface area contributed by atoms with Gasteiger partial charge in [0.1, 0.15) is 5.82 Å². The molecule has 29 heavy (non-hydrogen) atoms. The van der Waals surface area contributed by atoms with Gasteiger partial charge >= 0.3 is 0 Å². The van der Waals surface area contributed by atoms with E-state index in [0.29, 0.717) is 12.1 Å². The van der Waals surface area contributed by atoms with Crippen molar-refractivity contribution in [3.8, 4) is 0 Å². The average Bonchev–Trinajstić information content (AvgIpc) is 3.14. The summed E-state index contributed by atoms with van der Waals surface area (Å²) in [5.74, 6) is 0.921. The number of nitro benzene ring substituents is 1. The van der Waals surface area contributed by atoms with Crippen LogP contribution in [0.25, 0.3) is 10.9 Å². The van der Waals surface area contributed by atoms with Gasteiger partial charge in [-0.1, -0.05) is 42.5 Å². The second kappa shape index (κ2) is 7.71. The number of aromatic nitrogens is 3. The molecule has 146 valence electrons. The maximum atomic E-state index is 11.4. The Kier molecular flexibility index (Phi) is 4.95. The first-order valence-electron chi connectivity index (χ1n) is 9.33. The number of benzene rings is 2. The number of imidazole rings is 1. The number of pyridine rings is 1. The van der Waals surface area contributed by atoms with E-state index in [1.807, 2.05) is 50.5 Å². The highest BCUT2D eigenvalue weighted by atomic mass is 16.6. The van der Waals surface area contributed by atoms with Crippen molar-refractivity contribution < 1.29 is 4.92 Å². The second-order valence-corrected chi connectivity index (χ2v) is 7.03. The summed E-state index contributed by atoms with van der Waals surface area (Å²) in [6, 6.07) is 17.2. The molecule has 0 bridgehead atoms. The molecule has 0 amide bonds. The van der Waals surface area contributed by atoms with Crippen LogP contribution in [0.1, 0.15) is 17.1 Å². The molecule has 0 aliphatic rings. The quantitative estimate of drug-likeness (QED) is 0.363. The summed E-state index contributed by atoms with van der Waals surface area (Å²) >= 11 is 0. The molecule has 0 spiro atoms. The molecule has 0 aliphatic carbocycles. The Morgan fingerprint density at radius 1 is 1.14 bits per heavy atom. The summed E-state index contributed by atoms with van der Waals surface area (Å²) in [5.41, 5.74) is 3.26. The highest BCUT2D eigenvalue weighted by molar-refractivity contribution is 5.97. The largest absolute Gasteiger partial charge is 0.367 e. The number of nitro groups is 1. The fraction of sp³-hybridized carbons (Fsp3) is 0.182. The number of rotatable bonds is 6. The topological polar surface area (TPSA) is 77.1 Å². The number of fused-ring (bicyclic) bond motifs is 1. The molecule has 0 aliphatic heterocycles. The third kappa shape index (κ3) is 3.80.